The highest BCUT2D eigenvalue weighted by Crippen LogP contribution is 2.23. The molecule has 0 unspecified atom stereocenters. The predicted molar refractivity (Wildman–Crippen MR) is 113 cm³/mol. The summed E-state index contributed by atoms with van der Waals surface area (Å²) in [5.74, 6) is -1.16. The van der Waals surface area contributed by atoms with Crippen LogP contribution in [-0.4, -0.2) is 57.6 Å². The molecular weight excluding hydrogens is 446 g/mol. The molecule has 0 aromatic heterocycles. The van der Waals surface area contributed by atoms with E-state index in [2.05, 4.69) is 10.6 Å². The number of rotatable bonds is 7. The highest BCUT2D eigenvalue weighted by Gasteiger charge is 2.36. The first-order valence-electron chi connectivity index (χ1n) is 9.40. The highest BCUT2D eigenvalue weighted by molar-refractivity contribution is 7.89. The number of hydrogen-bond donors (Lipinski definition) is 2. The first-order chi connectivity index (χ1) is 14.8. The van der Waals surface area contributed by atoms with E-state index in [4.69, 9.17) is 21.1 Å². The molecule has 31 heavy (non-hydrogen) atoms. The van der Waals surface area contributed by atoms with Crippen molar-refractivity contribution in [3.8, 4) is 5.75 Å². The molecule has 1 heterocycles. The molecule has 0 bridgehead atoms. The van der Waals surface area contributed by atoms with Gasteiger partial charge in [0.25, 0.3) is 0 Å². The van der Waals surface area contributed by atoms with Gasteiger partial charge in [-0.3, -0.25) is 9.59 Å². The molecule has 0 spiro atoms. The number of para-hydroxylation sites is 1. The van der Waals surface area contributed by atoms with Crippen LogP contribution in [0.25, 0.3) is 0 Å². The maximum absolute atomic E-state index is 12.9. The molecule has 0 aliphatic carbocycles. The maximum Gasteiger partial charge on any atom is 0.309 e. The average Bonchev–Trinajstić information content (AvgIpc) is 3.26. The summed E-state index contributed by atoms with van der Waals surface area (Å²) in [6.07, 6.45) is -0.924. The molecule has 1 aliphatic heterocycles. The lowest BCUT2D eigenvalue weighted by molar-refractivity contribution is -0.139. The monoisotopic (exact) mass is 467 g/mol. The zero-order chi connectivity index (χ0) is 22.4. The first-order valence-corrected chi connectivity index (χ1v) is 11.2. The number of carbonyl (C=O) groups is 2. The van der Waals surface area contributed by atoms with Gasteiger partial charge in [-0.25, -0.2) is 8.42 Å². The summed E-state index contributed by atoms with van der Waals surface area (Å²) in [6, 6.07) is 12.9. The van der Waals surface area contributed by atoms with Gasteiger partial charge in [0.2, 0.25) is 10.0 Å². The molecule has 2 aromatic carbocycles. The Morgan fingerprint density at radius 1 is 1.13 bits per heavy atom. The largest absolute Gasteiger partial charge is 0.496 e. The van der Waals surface area contributed by atoms with Gasteiger partial charge in [-0.15, -0.1) is 0 Å². The third-order valence-electron chi connectivity index (χ3n) is 4.64. The number of halogens is 1. The number of benzene rings is 2. The average molecular weight is 468 g/mol. The lowest BCUT2D eigenvalue weighted by atomic mass is 10.2. The van der Waals surface area contributed by atoms with Crippen LogP contribution in [0.15, 0.2) is 53.4 Å². The number of nitrogens with one attached hydrogen (secondary N) is 2. The quantitative estimate of drug-likeness (QED) is 0.590. The molecule has 2 N–H and O–H groups in total. The van der Waals surface area contributed by atoms with E-state index in [-0.39, 0.29) is 31.1 Å². The number of nitrogens with zero attached hydrogens (tertiary/aromatic N) is 1. The van der Waals surface area contributed by atoms with Gasteiger partial charge in [0.05, 0.1) is 25.2 Å². The molecular formula is C20H22ClN3O6S. The third-order valence-corrected chi connectivity index (χ3v) is 6.79. The Labute approximate surface area is 185 Å². The van der Waals surface area contributed by atoms with Crippen molar-refractivity contribution in [1.29, 1.82) is 0 Å². The van der Waals surface area contributed by atoms with Crippen molar-refractivity contribution >= 4 is 33.4 Å². The fourth-order valence-corrected chi connectivity index (χ4v) is 4.69. The topological polar surface area (TPSA) is 114 Å². The van der Waals surface area contributed by atoms with Crippen LogP contribution < -0.4 is 15.4 Å². The lowest BCUT2D eigenvalue weighted by Crippen LogP contribution is -2.47. The smallest absolute Gasteiger partial charge is 0.309 e. The van der Waals surface area contributed by atoms with Crippen molar-refractivity contribution in [1.82, 2.24) is 14.9 Å². The van der Waals surface area contributed by atoms with E-state index in [0.717, 1.165) is 4.31 Å². The summed E-state index contributed by atoms with van der Waals surface area (Å²) in [5.41, 5.74) is 0.713. The Hall–Kier alpha value is -2.66. The standard InChI is InChI=1S/C20H22ClN3O6S/c1-29-17-5-3-2-4-14(17)12-22-19(25)20(26)23-13-18-24(10-11-30-18)31(27,28)16-8-6-15(21)7-9-16/h2-9,18H,10-13H2,1H3,(H,22,25)(H,23,26)/t18-/m1/s1. The molecule has 1 fully saturated rings. The summed E-state index contributed by atoms with van der Waals surface area (Å²) in [7, 11) is -2.33. The molecule has 1 atom stereocenters. The number of hydrogen-bond acceptors (Lipinski definition) is 6. The van der Waals surface area contributed by atoms with Crippen LogP contribution in [0.4, 0.5) is 0 Å². The van der Waals surface area contributed by atoms with Gasteiger partial charge in [0.15, 0.2) is 0 Å². The number of carbonyl (C=O) groups excluding carboxylic acids is 2. The second kappa shape index (κ2) is 10.1. The highest BCUT2D eigenvalue weighted by atomic mass is 35.5. The molecule has 166 valence electrons. The molecule has 0 radical (unpaired) electrons. The molecule has 9 nitrogen and oxygen atoms in total. The van der Waals surface area contributed by atoms with Crippen molar-refractivity contribution in [3.05, 3.63) is 59.1 Å². The van der Waals surface area contributed by atoms with E-state index in [1.54, 1.807) is 24.3 Å². The van der Waals surface area contributed by atoms with E-state index < -0.39 is 28.1 Å². The van der Waals surface area contributed by atoms with Crippen LogP contribution in [0, 0.1) is 0 Å². The Kier molecular flexibility index (Phi) is 7.50. The Morgan fingerprint density at radius 2 is 1.81 bits per heavy atom. The van der Waals surface area contributed by atoms with Crippen molar-refractivity contribution in [2.75, 3.05) is 26.8 Å². The Balaban J connectivity index is 1.56. The summed E-state index contributed by atoms with van der Waals surface area (Å²) < 4.78 is 37.5. The second-order valence-electron chi connectivity index (χ2n) is 6.60. The SMILES string of the molecule is COc1ccccc1CNC(=O)C(=O)NC[C@H]1OCCN1S(=O)(=O)c1ccc(Cl)cc1. The minimum atomic E-state index is -3.84. The molecule has 2 amide bonds. The van der Waals surface area contributed by atoms with E-state index >= 15 is 0 Å². The van der Waals surface area contributed by atoms with E-state index in [9.17, 15) is 18.0 Å². The summed E-state index contributed by atoms with van der Waals surface area (Å²) in [6.45, 7) is 0.236. The van der Waals surface area contributed by atoms with Crippen LogP contribution in [0.1, 0.15) is 5.56 Å². The molecule has 1 saturated heterocycles. The second-order valence-corrected chi connectivity index (χ2v) is 8.93. The Morgan fingerprint density at radius 3 is 2.52 bits per heavy atom. The van der Waals surface area contributed by atoms with Crippen molar-refractivity contribution < 1.29 is 27.5 Å². The molecule has 11 heteroatoms. The first kappa shape index (κ1) is 23.0. The van der Waals surface area contributed by atoms with Crippen molar-refractivity contribution in [3.63, 3.8) is 0 Å². The van der Waals surface area contributed by atoms with E-state index in [1.165, 1.54) is 31.4 Å². The number of amides is 2. The normalized spacial score (nSPS) is 16.6. The van der Waals surface area contributed by atoms with Gasteiger partial charge >= 0.3 is 11.8 Å². The molecule has 1 aliphatic rings. The minimum absolute atomic E-state index is 0.0632. The fraction of sp³-hybridized carbons (Fsp3) is 0.300. The van der Waals surface area contributed by atoms with Gasteiger partial charge < -0.3 is 20.1 Å². The van der Waals surface area contributed by atoms with Crippen LogP contribution in [0.5, 0.6) is 5.75 Å². The summed E-state index contributed by atoms with van der Waals surface area (Å²) in [5, 5.41) is 5.34. The summed E-state index contributed by atoms with van der Waals surface area (Å²) >= 11 is 5.82. The van der Waals surface area contributed by atoms with Crippen LogP contribution >= 0.6 is 11.6 Å². The van der Waals surface area contributed by atoms with Gasteiger partial charge in [-0.05, 0) is 30.3 Å². The zero-order valence-electron chi connectivity index (χ0n) is 16.7. The summed E-state index contributed by atoms with van der Waals surface area (Å²) in [4.78, 5) is 24.3. The van der Waals surface area contributed by atoms with Crippen LogP contribution in [0.2, 0.25) is 5.02 Å². The van der Waals surface area contributed by atoms with E-state index in [0.29, 0.717) is 16.3 Å². The third kappa shape index (κ3) is 5.53. The molecule has 2 aromatic rings. The predicted octanol–water partition coefficient (Wildman–Crippen LogP) is 1.13. The van der Waals surface area contributed by atoms with Crippen LogP contribution in [-0.2, 0) is 30.9 Å². The number of ether oxygens (including phenoxy) is 2. The van der Waals surface area contributed by atoms with E-state index in [1.807, 2.05) is 0 Å². The van der Waals surface area contributed by atoms with Gasteiger partial charge in [-0.1, -0.05) is 29.8 Å². The van der Waals surface area contributed by atoms with Crippen molar-refractivity contribution in [2.45, 2.75) is 17.7 Å². The number of methoxy groups -OCH3 is 1. The number of sulfonamides is 1. The van der Waals surface area contributed by atoms with Gasteiger partial charge in [0, 0.05) is 23.7 Å². The van der Waals surface area contributed by atoms with Gasteiger partial charge in [-0.2, -0.15) is 4.31 Å². The fourth-order valence-electron chi connectivity index (χ4n) is 3.05. The molecule has 3 rings (SSSR count). The van der Waals surface area contributed by atoms with Gasteiger partial charge in [0.1, 0.15) is 12.0 Å². The zero-order valence-corrected chi connectivity index (χ0v) is 18.3. The molecule has 0 saturated carbocycles. The van der Waals surface area contributed by atoms with Crippen LogP contribution in [0.3, 0.4) is 0 Å². The maximum atomic E-state index is 12.9. The van der Waals surface area contributed by atoms with Crippen molar-refractivity contribution in [2.24, 2.45) is 0 Å². The lowest BCUT2D eigenvalue weighted by Gasteiger charge is -2.22. The minimum Gasteiger partial charge on any atom is -0.496 e. The Bertz CT molecular complexity index is 1050.